The number of nitrogens with zero attached hydrogens (tertiary/aromatic N) is 1. The van der Waals surface area contributed by atoms with E-state index in [0.29, 0.717) is 25.2 Å². The van der Waals surface area contributed by atoms with Crippen LogP contribution in [0.4, 0.5) is 0 Å². The van der Waals surface area contributed by atoms with Crippen LogP contribution in [0.25, 0.3) is 0 Å². The Labute approximate surface area is 211 Å². The molecule has 0 radical (unpaired) electrons. The Hall–Kier alpha value is -2.98. The highest BCUT2D eigenvalue weighted by Gasteiger charge is 2.35. The molecule has 2 fully saturated rings. The molecule has 1 saturated carbocycles. The number of ketones is 1. The Morgan fingerprint density at radius 3 is 2.44 bits per heavy atom. The molecule has 0 spiro atoms. The number of nitrogens with one attached hydrogen (secondary N) is 2. The first-order valence-corrected chi connectivity index (χ1v) is 14.0. The molecule has 2 atom stereocenters. The number of benzene rings is 1. The zero-order chi connectivity index (χ0) is 25.5. The van der Waals surface area contributed by atoms with Crippen molar-refractivity contribution in [1.82, 2.24) is 14.9 Å². The van der Waals surface area contributed by atoms with Crippen LogP contribution in [-0.4, -0.2) is 55.5 Å². The average Bonchev–Trinajstić information content (AvgIpc) is 3.36. The van der Waals surface area contributed by atoms with E-state index in [1.807, 2.05) is 0 Å². The van der Waals surface area contributed by atoms with Gasteiger partial charge in [-0.05, 0) is 49.4 Å². The molecule has 2 amide bonds. The summed E-state index contributed by atoms with van der Waals surface area (Å²) in [7, 11) is -3.81. The fraction of sp³-hybridized carbons (Fsp3) is 0.500. The molecule has 1 aliphatic carbocycles. The first-order chi connectivity index (χ1) is 17.3. The molecule has 194 valence electrons. The summed E-state index contributed by atoms with van der Waals surface area (Å²) in [6.45, 7) is -0.121. The predicted molar refractivity (Wildman–Crippen MR) is 133 cm³/mol. The van der Waals surface area contributed by atoms with Crippen LogP contribution in [0.1, 0.15) is 61.9 Å². The van der Waals surface area contributed by atoms with E-state index in [0.717, 1.165) is 25.7 Å². The van der Waals surface area contributed by atoms with Gasteiger partial charge in [0.15, 0.2) is 11.5 Å². The number of hydrogen-bond donors (Lipinski definition) is 2. The van der Waals surface area contributed by atoms with Crippen LogP contribution in [0.2, 0.25) is 0 Å². The third kappa shape index (κ3) is 6.41. The van der Waals surface area contributed by atoms with Gasteiger partial charge in [-0.15, -0.1) is 0 Å². The standard InChI is InChI=1S/C26H33N3O6S/c30-23-18-29(36(33,34)20-11-5-2-6-12-20)15-7-13-21(23)27-25(31)22(17-19-9-3-1-4-10-19)28-26(32)24-14-8-16-35-24/h2,5-6,8,11-12,14,16,19,21-22H,1,3-4,7,9-10,13,15,17-18H2,(H,27,31)(H,28,32)/t21-,22-/m0/s1. The molecule has 10 heteroatoms. The molecule has 2 aromatic rings. The molecule has 0 unspecified atom stereocenters. The van der Waals surface area contributed by atoms with Crippen LogP contribution in [0.5, 0.6) is 0 Å². The van der Waals surface area contributed by atoms with Crippen LogP contribution in [0.15, 0.2) is 58.0 Å². The van der Waals surface area contributed by atoms with Gasteiger partial charge in [-0.25, -0.2) is 8.42 Å². The van der Waals surface area contributed by atoms with Crippen molar-refractivity contribution in [1.29, 1.82) is 0 Å². The minimum absolute atomic E-state index is 0.115. The van der Waals surface area contributed by atoms with Gasteiger partial charge in [0.1, 0.15) is 6.04 Å². The van der Waals surface area contributed by atoms with Crippen LogP contribution in [-0.2, 0) is 19.6 Å². The monoisotopic (exact) mass is 515 g/mol. The minimum Gasteiger partial charge on any atom is -0.459 e. The number of carbonyl (C=O) groups excluding carboxylic acids is 3. The largest absolute Gasteiger partial charge is 0.459 e. The maximum atomic E-state index is 13.3. The van der Waals surface area contributed by atoms with E-state index in [4.69, 9.17) is 4.42 Å². The molecule has 2 N–H and O–H groups in total. The van der Waals surface area contributed by atoms with Crippen LogP contribution < -0.4 is 10.6 Å². The molecular formula is C26H33N3O6S. The van der Waals surface area contributed by atoms with Crippen molar-refractivity contribution < 1.29 is 27.2 Å². The van der Waals surface area contributed by atoms with Crippen molar-refractivity contribution in [2.45, 2.75) is 68.3 Å². The second kappa shape index (κ2) is 11.8. The molecule has 2 heterocycles. The van der Waals surface area contributed by atoms with Gasteiger partial charge in [0, 0.05) is 6.54 Å². The van der Waals surface area contributed by atoms with Gasteiger partial charge in [-0.2, -0.15) is 4.31 Å². The first-order valence-electron chi connectivity index (χ1n) is 12.6. The lowest BCUT2D eigenvalue weighted by Gasteiger charge is -2.27. The second-order valence-electron chi connectivity index (χ2n) is 9.56. The van der Waals surface area contributed by atoms with Crippen molar-refractivity contribution in [3.63, 3.8) is 0 Å². The second-order valence-corrected chi connectivity index (χ2v) is 11.5. The Morgan fingerprint density at radius 2 is 1.75 bits per heavy atom. The van der Waals surface area contributed by atoms with Gasteiger partial charge in [0.05, 0.1) is 23.7 Å². The Morgan fingerprint density at radius 1 is 1.00 bits per heavy atom. The van der Waals surface area contributed by atoms with Crippen molar-refractivity contribution in [3.8, 4) is 0 Å². The van der Waals surface area contributed by atoms with E-state index < -0.39 is 33.9 Å². The molecule has 36 heavy (non-hydrogen) atoms. The summed E-state index contributed by atoms with van der Waals surface area (Å²) in [5.41, 5.74) is 0. The minimum atomic E-state index is -3.81. The third-order valence-corrected chi connectivity index (χ3v) is 8.84. The summed E-state index contributed by atoms with van der Waals surface area (Å²) in [5.74, 6) is -0.859. The highest BCUT2D eigenvalue weighted by Crippen LogP contribution is 2.28. The number of rotatable bonds is 8. The lowest BCUT2D eigenvalue weighted by molar-refractivity contribution is -0.129. The number of carbonyl (C=O) groups is 3. The lowest BCUT2D eigenvalue weighted by Crippen LogP contribution is -2.53. The van der Waals surface area contributed by atoms with E-state index >= 15 is 0 Å². The predicted octanol–water partition coefficient (Wildman–Crippen LogP) is 2.89. The van der Waals surface area contributed by atoms with E-state index in [9.17, 15) is 22.8 Å². The Balaban J connectivity index is 1.43. The highest BCUT2D eigenvalue weighted by atomic mass is 32.2. The topological polar surface area (TPSA) is 126 Å². The van der Waals surface area contributed by atoms with Gasteiger partial charge in [0.2, 0.25) is 15.9 Å². The molecule has 1 aromatic carbocycles. The van der Waals surface area contributed by atoms with E-state index in [1.165, 1.54) is 35.2 Å². The zero-order valence-electron chi connectivity index (χ0n) is 20.2. The van der Waals surface area contributed by atoms with Gasteiger partial charge in [-0.1, -0.05) is 50.3 Å². The smallest absolute Gasteiger partial charge is 0.287 e. The molecule has 1 aliphatic heterocycles. The number of Topliss-reactive ketones (excluding diaryl/α,β-unsaturated/α-hetero) is 1. The summed E-state index contributed by atoms with van der Waals surface area (Å²) in [4.78, 5) is 39.1. The van der Waals surface area contributed by atoms with Crippen molar-refractivity contribution in [2.24, 2.45) is 5.92 Å². The Bertz CT molecular complexity index is 1140. The fourth-order valence-electron chi connectivity index (χ4n) is 4.99. The zero-order valence-corrected chi connectivity index (χ0v) is 21.0. The first kappa shape index (κ1) is 26.1. The fourth-order valence-corrected chi connectivity index (χ4v) is 6.46. The van der Waals surface area contributed by atoms with Crippen molar-refractivity contribution in [3.05, 3.63) is 54.5 Å². The van der Waals surface area contributed by atoms with Gasteiger partial charge < -0.3 is 15.1 Å². The molecular weight excluding hydrogens is 482 g/mol. The summed E-state index contributed by atoms with van der Waals surface area (Å²) in [5, 5.41) is 5.58. The van der Waals surface area contributed by atoms with Crippen molar-refractivity contribution in [2.75, 3.05) is 13.1 Å². The SMILES string of the molecule is O=C(N[C@@H](CC1CCCCC1)C(=O)N[C@H]1CCCN(S(=O)(=O)c2ccccc2)CC1=O)c1ccco1. The van der Waals surface area contributed by atoms with E-state index in [2.05, 4.69) is 10.6 Å². The highest BCUT2D eigenvalue weighted by molar-refractivity contribution is 7.89. The summed E-state index contributed by atoms with van der Waals surface area (Å²) in [6, 6.07) is 9.51. The van der Waals surface area contributed by atoms with Gasteiger partial charge >= 0.3 is 0 Å². The summed E-state index contributed by atoms with van der Waals surface area (Å²) in [6.07, 6.45) is 7.98. The molecule has 1 aromatic heterocycles. The molecule has 2 aliphatic rings. The lowest BCUT2D eigenvalue weighted by atomic mass is 9.84. The average molecular weight is 516 g/mol. The molecule has 9 nitrogen and oxygen atoms in total. The molecule has 1 saturated heterocycles. The number of amides is 2. The van der Waals surface area contributed by atoms with Gasteiger partial charge in [-0.3, -0.25) is 14.4 Å². The maximum absolute atomic E-state index is 13.3. The number of hydrogen-bond acceptors (Lipinski definition) is 6. The summed E-state index contributed by atoms with van der Waals surface area (Å²) >= 11 is 0. The summed E-state index contributed by atoms with van der Waals surface area (Å²) < 4.78 is 32.4. The Kier molecular flexibility index (Phi) is 8.58. The molecule has 4 rings (SSSR count). The number of furan rings is 1. The quantitative estimate of drug-likeness (QED) is 0.557. The van der Waals surface area contributed by atoms with E-state index in [1.54, 1.807) is 24.3 Å². The van der Waals surface area contributed by atoms with Gasteiger partial charge in [0.25, 0.3) is 5.91 Å². The van der Waals surface area contributed by atoms with Crippen LogP contribution >= 0.6 is 0 Å². The van der Waals surface area contributed by atoms with E-state index in [-0.39, 0.29) is 29.5 Å². The van der Waals surface area contributed by atoms with Crippen LogP contribution in [0.3, 0.4) is 0 Å². The molecule has 0 bridgehead atoms. The number of sulfonamides is 1. The van der Waals surface area contributed by atoms with Crippen molar-refractivity contribution >= 4 is 27.6 Å². The van der Waals surface area contributed by atoms with Crippen LogP contribution in [0, 0.1) is 5.92 Å². The third-order valence-electron chi connectivity index (χ3n) is 6.98. The normalized spacial score (nSPS) is 20.9. The maximum Gasteiger partial charge on any atom is 0.287 e.